The summed E-state index contributed by atoms with van der Waals surface area (Å²) in [4.78, 5) is 2.61. The minimum absolute atomic E-state index is 1.18. The number of hydrogen-bond donors (Lipinski definition) is 0. The molecule has 0 unspecified atom stereocenters. The van der Waals surface area contributed by atoms with Crippen molar-refractivity contribution in [3.8, 4) is 33.6 Å². The third kappa shape index (κ3) is 3.85. The number of fused-ring (bicyclic) bond motifs is 9. The fraction of sp³-hybridized carbons (Fsp3) is 0. The Balaban J connectivity index is 1.12. The Kier molecular flexibility index (Phi) is 5.63. The van der Waals surface area contributed by atoms with Crippen LogP contribution >= 0.6 is 11.8 Å². The smallest absolute Gasteiger partial charge is 0.0553 e. The Bertz CT molecular complexity index is 2950. The van der Waals surface area contributed by atoms with E-state index in [-0.39, 0.29) is 0 Å². The van der Waals surface area contributed by atoms with Crippen molar-refractivity contribution in [3.63, 3.8) is 0 Å². The molecule has 0 N–H and O–H groups in total. The van der Waals surface area contributed by atoms with E-state index >= 15 is 0 Å². The van der Waals surface area contributed by atoms with Gasteiger partial charge in [0, 0.05) is 48.1 Å². The first kappa shape index (κ1) is 27.0. The van der Waals surface area contributed by atoms with Gasteiger partial charge < -0.3 is 9.13 Å². The normalized spacial score (nSPS) is 12.4. The molecular weight excluding hydrogens is 613 g/mol. The van der Waals surface area contributed by atoms with Crippen molar-refractivity contribution in [2.24, 2.45) is 0 Å². The lowest BCUT2D eigenvalue weighted by Gasteiger charge is -2.22. The topological polar surface area (TPSA) is 9.86 Å². The van der Waals surface area contributed by atoms with Crippen molar-refractivity contribution < 1.29 is 0 Å². The van der Waals surface area contributed by atoms with Crippen molar-refractivity contribution >= 4 is 66.1 Å². The molecule has 0 amide bonds. The zero-order valence-electron chi connectivity index (χ0n) is 26.5. The van der Waals surface area contributed by atoms with Crippen molar-refractivity contribution in [2.45, 2.75) is 9.79 Å². The van der Waals surface area contributed by atoms with Crippen LogP contribution in [0, 0.1) is 0 Å². The molecule has 0 radical (unpaired) electrons. The fourth-order valence-corrected chi connectivity index (χ4v) is 9.37. The summed E-state index contributed by atoms with van der Waals surface area (Å²) in [6.45, 7) is 0. The second-order valence-electron chi connectivity index (χ2n) is 12.9. The largest absolute Gasteiger partial charge is 0.309 e. The molecule has 0 aliphatic carbocycles. The molecule has 49 heavy (non-hydrogen) atoms. The summed E-state index contributed by atoms with van der Waals surface area (Å²) >= 11 is 1.90. The molecule has 0 saturated heterocycles. The molecule has 1 aliphatic heterocycles. The van der Waals surface area contributed by atoms with E-state index in [4.69, 9.17) is 0 Å². The highest BCUT2D eigenvalue weighted by Gasteiger charge is 2.24. The molecule has 8 aromatic carbocycles. The standard InChI is InChI=1S/C46H28N2S/c1-3-12-31(13-4-1)47-39-19-9-7-16-33(39)37-26-29(23-25-41(37)47)30-22-24-34-38-28-42-45(36-18-11-21-43(46(36)38)49-44(34)27-30)35-17-8-10-20-40(35)48(42)32-14-5-2-6-15-32/h1-28H. The van der Waals surface area contributed by atoms with Gasteiger partial charge in [-0.05, 0) is 94.4 Å². The second kappa shape index (κ2) is 10.2. The van der Waals surface area contributed by atoms with Gasteiger partial charge >= 0.3 is 0 Å². The average Bonchev–Trinajstić information content (AvgIpc) is 3.68. The second-order valence-corrected chi connectivity index (χ2v) is 14.0. The molecule has 10 aromatic rings. The van der Waals surface area contributed by atoms with Crippen LogP contribution in [0.4, 0.5) is 0 Å². The third-order valence-electron chi connectivity index (χ3n) is 10.3. The van der Waals surface area contributed by atoms with Gasteiger partial charge in [-0.1, -0.05) is 115 Å². The van der Waals surface area contributed by atoms with Gasteiger partial charge in [-0.2, -0.15) is 0 Å². The van der Waals surface area contributed by atoms with Crippen LogP contribution in [-0.4, -0.2) is 9.13 Å². The lowest BCUT2D eigenvalue weighted by atomic mass is 9.93. The van der Waals surface area contributed by atoms with Crippen LogP contribution in [0.15, 0.2) is 180 Å². The molecule has 2 nitrogen and oxygen atoms in total. The van der Waals surface area contributed by atoms with E-state index in [2.05, 4.69) is 179 Å². The maximum absolute atomic E-state index is 2.44. The number of para-hydroxylation sites is 4. The van der Waals surface area contributed by atoms with Gasteiger partial charge in [0.1, 0.15) is 0 Å². The Morgan fingerprint density at radius 2 is 0.918 bits per heavy atom. The highest BCUT2D eigenvalue weighted by molar-refractivity contribution is 7.99. The molecule has 228 valence electrons. The molecule has 3 heterocycles. The summed E-state index contributed by atoms with van der Waals surface area (Å²) in [5.41, 5.74) is 12.4. The number of rotatable bonds is 3. The Morgan fingerprint density at radius 3 is 1.69 bits per heavy atom. The van der Waals surface area contributed by atoms with Crippen LogP contribution < -0.4 is 0 Å². The van der Waals surface area contributed by atoms with Gasteiger partial charge in [0.05, 0.1) is 22.1 Å². The van der Waals surface area contributed by atoms with Gasteiger partial charge in [0.15, 0.2) is 0 Å². The SMILES string of the molecule is c1ccc(-n2c3ccccc3c3cc(-c4ccc5c(c4)Sc4cccc6c4c-5cc4c6c5ccccc5n4-c4ccccc4)ccc32)cc1. The molecule has 2 aromatic heterocycles. The van der Waals surface area contributed by atoms with Crippen LogP contribution in [0.25, 0.3) is 88.0 Å². The lowest BCUT2D eigenvalue weighted by Crippen LogP contribution is -1.97. The van der Waals surface area contributed by atoms with Crippen LogP contribution in [0.5, 0.6) is 0 Å². The summed E-state index contributed by atoms with van der Waals surface area (Å²) in [5.74, 6) is 0. The first-order valence-corrected chi connectivity index (χ1v) is 17.6. The van der Waals surface area contributed by atoms with E-state index in [0.29, 0.717) is 0 Å². The maximum atomic E-state index is 2.44. The molecule has 0 fully saturated rings. The quantitative estimate of drug-likeness (QED) is 0.187. The molecule has 0 saturated carbocycles. The number of nitrogens with zero attached hydrogens (tertiary/aromatic N) is 2. The third-order valence-corrected chi connectivity index (χ3v) is 11.4. The summed E-state index contributed by atoms with van der Waals surface area (Å²) in [6.07, 6.45) is 0. The zero-order chi connectivity index (χ0) is 32.1. The Hall–Kier alpha value is -6.03. The predicted molar refractivity (Wildman–Crippen MR) is 208 cm³/mol. The summed E-state index contributed by atoms with van der Waals surface area (Å²) in [5, 5.41) is 7.83. The summed E-state index contributed by atoms with van der Waals surface area (Å²) in [6, 6.07) is 62.3. The fourth-order valence-electron chi connectivity index (χ4n) is 8.19. The van der Waals surface area contributed by atoms with Crippen molar-refractivity contribution in [3.05, 3.63) is 170 Å². The maximum Gasteiger partial charge on any atom is 0.0553 e. The van der Waals surface area contributed by atoms with E-state index in [1.807, 2.05) is 11.8 Å². The lowest BCUT2D eigenvalue weighted by molar-refractivity contribution is 1.18. The molecule has 1 aliphatic rings. The molecule has 0 bridgehead atoms. The number of aromatic nitrogens is 2. The Labute approximate surface area is 287 Å². The van der Waals surface area contributed by atoms with Gasteiger partial charge in [-0.25, -0.2) is 0 Å². The Morgan fingerprint density at radius 1 is 0.327 bits per heavy atom. The minimum atomic E-state index is 1.18. The van der Waals surface area contributed by atoms with Crippen molar-refractivity contribution in [1.82, 2.24) is 9.13 Å². The van der Waals surface area contributed by atoms with Crippen LogP contribution in [0.3, 0.4) is 0 Å². The highest BCUT2D eigenvalue weighted by Crippen LogP contribution is 2.52. The molecule has 0 spiro atoms. The van der Waals surface area contributed by atoms with E-state index in [9.17, 15) is 0 Å². The van der Waals surface area contributed by atoms with Crippen molar-refractivity contribution in [1.29, 1.82) is 0 Å². The first-order chi connectivity index (χ1) is 24.3. The molecule has 0 atom stereocenters. The van der Waals surface area contributed by atoms with E-state index < -0.39 is 0 Å². The summed E-state index contributed by atoms with van der Waals surface area (Å²) in [7, 11) is 0. The van der Waals surface area contributed by atoms with E-state index in [1.54, 1.807) is 0 Å². The predicted octanol–water partition coefficient (Wildman–Crippen LogP) is 12.8. The monoisotopic (exact) mass is 640 g/mol. The summed E-state index contributed by atoms with van der Waals surface area (Å²) < 4.78 is 4.81. The van der Waals surface area contributed by atoms with Crippen LogP contribution in [0.1, 0.15) is 0 Å². The molecular formula is C46H28N2S. The zero-order valence-corrected chi connectivity index (χ0v) is 27.3. The van der Waals surface area contributed by atoms with Gasteiger partial charge in [-0.3, -0.25) is 0 Å². The minimum Gasteiger partial charge on any atom is -0.309 e. The van der Waals surface area contributed by atoms with Gasteiger partial charge in [0.2, 0.25) is 0 Å². The van der Waals surface area contributed by atoms with Crippen LogP contribution in [-0.2, 0) is 0 Å². The van der Waals surface area contributed by atoms with Gasteiger partial charge in [0.25, 0.3) is 0 Å². The highest BCUT2D eigenvalue weighted by atomic mass is 32.2. The number of hydrogen-bond acceptors (Lipinski definition) is 1. The van der Waals surface area contributed by atoms with E-state index in [0.717, 1.165) is 0 Å². The van der Waals surface area contributed by atoms with Crippen molar-refractivity contribution in [2.75, 3.05) is 0 Å². The molecule has 3 heteroatoms. The van der Waals surface area contributed by atoms with Crippen LogP contribution in [0.2, 0.25) is 0 Å². The molecule has 11 rings (SSSR count). The average molecular weight is 641 g/mol. The van der Waals surface area contributed by atoms with E-state index in [1.165, 1.54) is 97.8 Å². The number of benzene rings is 8. The first-order valence-electron chi connectivity index (χ1n) is 16.8. The van der Waals surface area contributed by atoms with Gasteiger partial charge in [-0.15, -0.1) is 0 Å².